The van der Waals surface area contributed by atoms with Crippen LogP contribution in [0, 0.1) is 0 Å². The lowest BCUT2D eigenvalue weighted by atomic mass is 10.1. The van der Waals surface area contributed by atoms with Gasteiger partial charge in [0.25, 0.3) is 0 Å². The first kappa shape index (κ1) is 13.8. The fourth-order valence-electron chi connectivity index (χ4n) is 2.18. The van der Waals surface area contributed by atoms with Crippen LogP contribution in [0.15, 0.2) is 65.7 Å². The molecule has 4 nitrogen and oxygen atoms in total. The Labute approximate surface area is 127 Å². The summed E-state index contributed by atoms with van der Waals surface area (Å²) in [6.07, 6.45) is 1.57. The Bertz CT molecular complexity index is 867. The maximum atomic E-state index is 10.8. The van der Waals surface area contributed by atoms with Gasteiger partial charge in [0.05, 0.1) is 11.3 Å². The lowest BCUT2D eigenvalue weighted by molar-refractivity contribution is 0.0697. The Morgan fingerprint density at radius 1 is 0.955 bits per heavy atom. The molecular formula is C18H13NO3. The van der Waals surface area contributed by atoms with Crippen molar-refractivity contribution in [1.82, 2.24) is 0 Å². The average molecular weight is 291 g/mol. The number of phenolic OH excluding ortho intramolecular Hbond substituents is 1. The van der Waals surface area contributed by atoms with Gasteiger partial charge in [0.2, 0.25) is 0 Å². The highest BCUT2D eigenvalue weighted by Crippen LogP contribution is 2.24. The topological polar surface area (TPSA) is 69.9 Å². The molecule has 108 valence electrons. The van der Waals surface area contributed by atoms with E-state index in [2.05, 4.69) is 4.99 Å². The summed E-state index contributed by atoms with van der Waals surface area (Å²) in [5.41, 5.74) is 1.45. The Kier molecular flexibility index (Phi) is 3.58. The van der Waals surface area contributed by atoms with Gasteiger partial charge in [-0.25, -0.2) is 4.79 Å². The normalized spacial score (nSPS) is 11.1. The minimum absolute atomic E-state index is 0.157. The first-order valence-electron chi connectivity index (χ1n) is 6.73. The molecule has 4 heteroatoms. The molecule has 0 aromatic heterocycles. The van der Waals surface area contributed by atoms with Crippen molar-refractivity contribution in [2.75, 3.05) is 0 Å². The van der Waals surface area contributed by atoms with E-state index in [1.807, 2.05) is 30.3 Å². The summed E-state index contributed by atoms with van der Waals surface area (Å²) in [5.74, 6) is -0.813. The van der Waals surface area contributed by atoms with Gasteiger partial charge in [-0.3, -0.25) is 4.99 Å². The van der Waals surface area contributed by atoms with E-state index in [1.54, 1.807) is 24.4 Å². The van der Waals surface area contributed by atoms with E-state index in [0.717, 1.165) is 10.8 Å². The summed E-state index contributed by atoms with van der Waals surface area (Å²) in [4.78, 5) is 15.1. The molecule has 3 rings (SSSR count). The lowest BCUT2D eigenvalue weighted by Crippen LogP contribution is -1.94. The maximum absolute atomic E-state index is 10.8. The fraction of sp³-hybridized carbons (Fsp3) is 0. The Morgan fingerprint density at radius 2 is 1.59 bits per heavy atom. The molecular weight excluding hydrogens is 278 g/mol. The SMILES string of the molecule is O=C(O)c1ccc(N=Cc2cc3ccccc3cc2O)cc1. The second-order valence-electron chi connectivity index (χ2n) is 4.87. The first-order valence-corrected chi connectivity index (χ1v) is 6.73. The minimum atomic E-state index is -0.970. The van der Waals surface area contributed by atoms with Crippen molar-refractivity contribution < 1.29 is 15.0 Å². The molecule has 0 spiro atoms. The number of benzene rings is 3. The van der Waals surface area contributed by atoms with Gasteiger partial charge >= 0.3 is 5.97 Å². The van der Waals surface area contributed by atoms with Crippen LogP contribution < -0.4 is 0 Å². The van der Waals surface area contributed by atoms with Gasteiger partial charge in [-0.15, -0.1) is 0 Å². The highest BCUT2D eigenvalue weighted by atomic mass is 16.4. The van der Waals surface area contributed by atoms with Crippen LogP contribution in [0.3, 0.4) is 0 Å². The van der Waals surface area contributed by atoms with Gasteiger partial charge in [0.1, 0.15) is 5.75 Å². The number of carboxylic acid groups (broad SMARTS) is 1. The van der Waals surface area contributed by atoms with E-state index in [1.165, 1.54) is 12.1 Å². The molecule has 0 aliphatic rings. The summed E-state index contributed by atoms with van der Waals surface area (Å²) >= 11 is 0. The second-order valence-corrected chi connectivity index (χ2v) is 4.87. The van der Waals surface area contributed by atoms with E-state index in [0.29, 0.717) is 11.3 Å². The van der Waals surface area contributed by atoms with Crippen molar-refractivity contribution in [3.63, 3.8) is 0 Å². The van der Waals surface area contributed by atoms with E-state index < -0.39 is 5.97 Å². The molecule has 0 atom stereocenters. The minimum Gasteiger partial charge on any atom is -0.507 e. The fourth-order valence-corrected chi connectivity index (χ4v) is 2.18. The van der Waals surface area contributed by atoms with Crippen LogP contribution >= 0.6 is 0 Å². The van der Waals surface area contributed by atoms with Gasteiger partial charge < -0.3 is 10.2 Å². The summed E-state index contributed by atoms with van der Waals surface area (Å²) in [7, 11) is 0. The third kappa shape index (κ3) is 2.81. The van der Waals surface area contributed by atoms with Crippen molar-refractivity contribution in [1.29, 1.82) is 0 Å². The van der Waals surface area contributed by atoms with Crippen LogP contribution in [0.5, 0.6) is 5.75 Å². The van der Waals surface area contributed by atoms with Gasteiger partial charge in [-0.2, -0.15) is 0 Å². The second kappa shape index (κ2) is 5.69. The number of hydrogen-bond donors (Lipinski definition) is 2. The number of aromatic carboxylic acids is 1. The number of fused-ring (bicyclic) bond motifs is 1. The van der Waals surface area contributed by atoms with Crippen molar-refractivity contribution in [2.24, 2.45) is 4.99 Å². The van der Waals surface area contributed by atoms with Crippen molar-refractivity contribution >= 4 is 28.6 Å². The predicted molar refractivity (Wildman–Crippen MR) is 86.3 cm³/mol. The Balaban J connectivity index is 1.91. The van der Waals surface area contributed by atoms with Crippen LogP contribution in [0.4, 0.5) is 5.69 Å². The number of hydrogen-bond acceptors (Lipinski definition) is 3. The smallest absolute Gasteiger partial charge is 0.335 e. The largest absolute Gasteiger partial charge is 0.507 e. The third-order valence-corrected chi connectivity index (χ3v) is 3.36. The molecule has 0 saturated carbocycles. The van der Waals surface area contributed by atoms with E-state index >= 15 is 0 Å². The molecule has 0 saturated heterocycles. The summed E-state index contributed by atoms with van der Waals surface area (Å²) < 4.78 is 0. The zero-order valence-corrected chi connectivity index (χ0v) is 11.6. The maximum Gasteiger partial charge on any atom is 0.335 e. The number of rotatable bonds is 3. The molecule has 2 N–H and O–H groups in total. The number of carbonyl (C=O) groups is 1. The van der Waals surface area contributed by atoms with Gasteiger partial charge in [0.15, 0.2) is 0 Å². The van der Waals surface area contributed by atoms with E-state index in [4.69, 9.17) is 5.11 Å². The van der Waals surface area contributed by atoms with Gasteiger partial charge in [-0.1, -0.05) is 24.3 Å². The number of nitrogens with zero attached hydrogens (tertiary/aromatic N) is 1. The number of aliphatic imine (C=N–C) groups is 1. The molecule has 0 heterocycles. The van der Waals surface area contributed by atoms with Crippen molar-refractivity contribution in [2.45, 2.75) is 0 Å². The highest BCUT2D eigenvalue weighted by Gasteiger charge is 2.03. The molecule has 0 amide bonds. The zero-order valence-electron chi connectivity index (χ0n) is 11.6. The standard InChI is InChI=1S/C18H13NO3/c20-17-10-14-4-2-1-3-13(14)9-15(17)11-19-16-7-5-12(6-8-16)18(21)22/h1-11,20H,(H,21,22). The molecule has 0 unspecified atom stereocenters. The van der Waals surface area contributed by atoms with Crippen molar-refractivity contribution in [3.8, 4) is 5.75 Å². The summed E-state index contributed by atoms with van der Waals surface area (Å²) in [6, 6.07) is 17.5. The molecule has 0 aliphatic heterocycles. The molecule has 0 aliphatic carbocycles. The quantitative estimate of drug-likeness (QED) is 0.717. The van der Waals surface area contributed by atoms with Crippen LogP contribution in [0.1, 0.15) is 15.9 Å². The molecule has 0 bridgehead atoms. The monoisotopic (exact) mass is 291 g/mol. The average Bonchev–Trinajstić information content (AvgIpc) is 2.53. The Hall–Kier alpha value is -3.14. The van der Waals surface area contributed by atoms with Crippen molar-refractivity contribution in [3.05, 3.63) is 71.8 Å². The molecule has 22 heavy (non-hydrogen) atoms. The summed E-state index contributed by atoms with van der Waals surface area (Å²) in [5, 5.41) is 20.9. The van der Waals surface area contributed by atoms with Crippen LogP contribution in [-0.4, -0.2) is 22.4 Å². The molecule has 3 aromatic rings. The van der Waals surface area contributed by atoms with Crippen LogP contribution in [0.2, 0.25) is 0 Å². The lowest BCUT2D eigenvalue weighted by Gasteiger charge is -2.03. The molecule has 0 fully saturated rings. The zero-order chi connectivity index (χ0) is 15.5. The van der Waals surface area contributed by atoms with Gasteiger partial charge in [0, 0.05) is 11.8 Å². The van der Waals surface area contributed by atoms with Gasteiger partial charge in [-0.05, 0) is 47.2 Å². The number of aromatic hydroxyl groups is 1. The summed E-state index contributed by atoms with van der Waals surface area (Å²) in [6.45, 7) is 0. The Morgan fingerprint density at radius 3 is 2.23 bits per heavy atom. The van der Waals surface area contributed by atoms with E-state index in [9.17, 15) is 9.90 Å². The van der Waals surface area contributed by atoms with Crippen LogP contribution in [0.25, 0.3) is 10.8 Å². The van der Waals surface area contributed by atoms with E-state index in [-0.39, 0.29) is 11.3 Å². The first-order chi connectivity index (χ1) is 10.6. The predicted octanol–water partition coefficient (Wildman–Crippen LogP) is 3.99. The molecule has 3 aromatic carbocycles. The molecule has 0 radical (unpaired) electrons. The third-order valence-electron chi connectivity index (χ3n) is 3.36. The number of phenols is 1. The van der Waals surface area contributed by atoms with Crippen LogP contribution in [-0.2, 0) is 0 Å². The highest BCUT2D eigenvalue weighted by molar-refractivity contribution is 5.94. The number of carboxylic acids is 1.